The lowest BCUT2D eigenvalue weighted by Gasteiger charge is -2.12. The van der Waals surface area contributed by atoms with E-state index in [0.717, 1.165) is 23.9 Å². The van der Waals surface area contributed by atoms with Crippen LogP contribution in [0.5, 0.6) is 0 Å². The quantitative estimate of drug-likeness (QED) is 0.904. The number of thioether (sulfide) groups is 1. The van der Waals surface area contributed by atoms with Gasteiger partial charge in [0.15, 0.2) is 5.65 Å². The molecule has 1 N–H and O–H groups in total. The molecule has 0 amide bonds. The van der Waals surface area contributed by atoms with E-state index in [1.54, 1.807) is 6.33 Å². The van der Waals surface area contributed by atoms with E-state index in [1.165, 1.54) is 23.5 Å². The van der Waals surface area contributed by atoms with Gasteiger partial charge in [0.25, 0.3) is 0 Å². The van der Waals surface area contributed by atoms with E-state index < -0.39 is 0 Å². The molecule has 0 radical (unpaired) electrons. The Hall–Kier alpha value is -1.23. The number of hydrogen-bond donors (Lipinski definition) is 1. The van der Waals surface area contributed by atoms with Gasteiger partial charge in [0.1, 0.15) is 12.1 Å². The van der Waals surface area contributed by atoms with Crippen molar-refractivity contribution >= 4 is 23.2 Å². The summed E-state index contributed by atoms with van der Waals surface area (Å²) in [7, 11) is 0. The SMILES string of the molecule is Cc1cc(NCC2CCSC2)n2ncnc2c1. The first kappa shape index (κ1) is 10.9. The van der Waals surface area contributed by atoms with E-state index in [2.05, 4.69) is 40.2 Å². The van der Waals surface area contributed by atoms with Crippen LogP contribution in [-0.2, 0) is 0 Å². The largest absolute Gasteiger partial charge is 0.370 e. The molecule has 1 atom stereocenters. The van der Waals surface area contributed by atoms with Gasteiger partial charge >= 0.3 is 0 Å². The molecule has 3 rings (SSSR count). The molecule has 1 fully saturated rings. The van der Waals surface area contributed by atoms with Crippen LogP contribution in [0.2, 0.25) is 0 Å². The monoisotopic (exact) mass is 248 g/mol. The molecule has 1 aliphatic heterocycles. The summed E-state index contributed by atoms with van der Waals surface area (Å²) in [5, 5.41) is 7.75. The van der Waals surface area contributed by atoms with Crippen LogP contribution >= 0.6 is 11.8 Å². The summed E-state index contributed by atoms with van der Waals surface area (Å²) < 4.78 is 1.87. The van der Waals surface area contributed by atoms with E-state index >= 15 is 0 Å². The highest BCUT2D eigenvalue weighted by molar-refractivity contribution is 7.99. The van der Waals surface area contributed by atoms with Crippen LogP contribution in [0.1, 0.15) is 12.0 Å². The molecule has 0 spiro atoms. The third-order valence-corrected chi connectivity index (χ3v) is 4.35. The number of fused-ring (bicyclic) bond motifs is 1. The van der Waals surface area contributed by atoms with Crippen molar-refractivity contribution < 1.29 is 0 Å². The highest BCUT2D eigenvalue weighted by Crippen LogP contribution is 2.24. The molecule has 0 bridgehead atoms. The van der Waals surface area contributed by atoms with Crippen molar-refractivity contribution in [3.8, 4) is 0 Å². The zero-order valence-electron chi connectivity index (χ0n) is 9.89. The van der Waals surface area contributed by atoms with Crippen molar-refractivity contribution in [1.82, 2.24) is 14.6 Å². The smallest absolute Gasteiger partial charge is 0.157 e. The maximum Gasteiger partial charge on any atom is 0.157 e. The first-order chi connectivity index (χ1) is 8.33. The van der Waals surface area contributed by atoms with Gasteiger partial charge in [-0.15, -0.1) is 0 Å². The second-order valence-electron chi connectivity index (χ2n) is 4.56. The van der Waals surface area contributed by atoms with Crippen LogP contribution in [0.4, 0.5) is 5.82 Å². The topological polar surface area (TPSA) is 42.2 Å². The summed E-state index contributed by atoms with van der Waals surface area (Å²) >= 11 is 2.05. The lowest BCUT2D eigenvalue weighted by Crippen LogP contribution is -2.15. The van der Waals surface area contributed by atoms with Gasteiger partial charge < -0.3 is 5.32 Å². The summed E-state index contributed by atoms with van der Waals surface area (Å²) in [5.74, 6) is 4.42. The average Bonchev–Trinajstić information content (AvgIpc) is 2.95. The third kappa shape index (κ3) is 2.24. The molecular formula is C12H16N4S. The zero-order valence-corrected chi connectivity index (χ0v) is 10.7. The fourth-order valence-electron chi connectivity index (χ4n) is 2.18. The number of hydrogen-bond acceptors (Lipinski definition) is 4. The normalized spacial score (nSPS) is 19.9. The Bertz CT molecular complexity index is 516. The van der Waals surface area contributed by atoms with Gasteiger partial charge in [0, 0.05) is 6.54 Å². The minimum absolute atomic E-state index is 0.791. The number of anilines is 1. The predicted octanol–water partition coefficient (Wildman–Crippen LogP) is 2.20. The van der Waals surface area contributed by atoms with Gasteiger partial charge in [0.05, 0.1) is 0 Å². The molecule has 90 valence electrons. The fraction of sp³-hybridized carbons (Fsp3) is 0.500. The second kappa shape index (κ2) is 4.56. The van der Waals surface area contributed by atoms with Crippen LogP contribution in [-0.4, -0.2) is 32.6 Å². The molecule has 2 aromatic rings. The first-order valence-electron chi connectivity index (χ1n) is 5.95. The van der Waals surface area contributed by atoms with Gasteiger partial charge in [0.2, 0.25) is 0 Å². The Morgan fingerprint density at radius 2 is 2.47 bits per heavy atom. The Morgan fingerprint density at radius 3 is 3.29 bits per heavy atom. The first-order valence-corrected chi connectivity index (χ1v) is 7.10. The Morgan fingerprint density at radius 1 is 1.53 bits per heavy atom. The summed E-state index contributed by atoms with van der Waals surface area (Å²) in [6, 6.07) is 4.17. The van der Waals surface area contributed by atoms with E-state index in [-0.39, 0.29) is 0 Å². The molecule has 1 aliphatic rings. The summed E-state index contributed by atoms with van der Waals surface area (Å²) in [6.45, 7) is 3.12. The van der Waals surface area contributed by atoms with Crippen LogP contribution in [0, 0.1) is 12.8 Å². The Labute approximate surface area is 105 Å². The molecule has 3 heterocycles. The van der Waals surface area contributed by atoms with Crippen molar-refractivity contribution in [2.75, 3.05) is 23.4 Å². The zero-order chi connectivity index (χ0) is 11.7. The predicted molar refractivity (Wildman–Crippen MR) is 71.6 cm³/mol. The van der Waals surface area contributed by atoms with Gasteiger partial charge in [-0.2, -0.15) is 21.4 Å². The van der Waals surface area contributed by atoms with Crippen molar-refractivity contribution in [2.24, 2.45) is 5.92 Å². The van der Waals surface area contributed by atoms with Crippen LogP contribution in [0.3, 0.4) is 0 Å². The van der Waals surface area contributed by atoms with Crippen molar-refractivity contribution in [3.63, 3.8) is 0 Å². The highest BCUT2D eigenvalue weighted by atomic mass is 32.2. The fourth-order valence-corrected chi connectivity index (χ4v) is 3.46. The van der Waals surface area contributed by atoms with E-state index in [4.69, 9.17) is 0 Å². The molecule has 1 unspecified atom stereocenters. The summed E-state index contributed by atoms with van der Waals surface area (Å²) in [4.78, 5) is 4.23. The molecule has 0 aliphatic carbocycles. The van der Waals surface area contributed by atoms with E-state index in [9.17, 15) is 0 Å². The molecule has 2 aromatic heterocycles. The van der Waals surface area contributed by atoms with E-state index in [1.807, 2.05) is 10.6 Å². The molecular weight excluding hydrogens is 232 g/mol. The Balaban J connectivity index is 1.81. The minimum Gasteiger partial charge on any atom is -0.370 e. The number of rotatable bonds is 3. The number of aromatic nitrogens is 3. The third-order valence-electron chi connectivity index (χ3n) is 3.12. The van der Waals surface area contributed by atoms with Gasteiger partial charge in [-0.1, -0.05) is 0 Å². The molecule has 17 heavy (non-hydrogen) atoms. The summed E-state index contributed by atoms with van der Waals surface area (Å²) in [5.41, 5.74) is 2.13. The van der Waals surface area contributed by atoms with E-state index in [0.29, 0.717) is 0 Å². The van der Waals surface area contributed by atoms with Gasteiger partial charge in [-0.05, 0) is 48.5 Å². The molecule has 5 heteroatoms. The van der Waals surface area contributed by atoms with Crippen molar-refractivity contribution in [1.29, 1.82) is 0 Å². The average molecular weight is 248 g/mol. The van der Waals surface area contributed by atoms with Crippen molar-refractivity contribution in [3.05, 3.63) is 24.0 Å². The Kier molecular flexibility index (Phi) is 2.93. The van der Waals surface area contributed by atoms with Crippen molar-refractivity contribution in [2.45, 2.75) is 13.3 Å². The molecule has 0 aromatic carbocycles. The van der Waals surface area contributed by atoms with Gasteiger partial charge in [-0.3, -0.25) is 0 Å². The van der Waals surface area contributed by atoms with Crippen LogP contribution < -0.4 is 5.32 Å². The highest BCUT2D eigenvalue weighted by Gasteiger charge is 2.15. The minimum atomic E-state index is 0.791. The number of aryl methyl sites for hydroxylation is 1. The summed E-state index contributed by atoms with van der Waals surface area (Å²) in [6.07, 6.45) is 2.93. The number of nitrogens with zero attached hydrogens (tertiary/aromatic N) is 3. The number of pyridine rings is 1. The molecule has 0 saturated carbocycles. The maximum absolute atomic E-state index is 4.24. The standard InChI is InChI=1S/C12H16N4S/c1-9-4-11(13-6-10-2-3-17-7-10)16-12(5-9)14-8-15-16/h4-5,8,10,13H,2-3,6-7H2,1H3. The van der Waals surface area contributed by atoms with Crippen LogP contribution in [0.15, 0.2) is 18.5 Å². The number of nitrogens with one attached hydrogen (secondary N) is 1. The lowest BCUT2D eigenvalue weighted by molar-refractivity contribution is 0.629. The van der Waals surface area contributed by atoms with Gasteiger partial charge in [-0.25, -0.2) is 4.98 Å². The maximum atomic E-state index is 4.24. The molecule has 1 saturated heterocycles. The molecule has 4 nitrogen and oxygen atoms in total. The van der Waals surface area contributed by atoms with Crippen LogP contribution in [0.25, 0.3) is 5.65 Å². The second-order valence-corrected chi connectivity index (χ2v) is 5.71. The lowest BCUT2D eigenvalue weighted by atomic mass is 10.1.